The van der Waals surface area contributed by atoms with Crippen LogP contribution < -0.4 is 5.32 Å². The van der Waals surface area contributed by atoms with E-state index in [4.69, 9.17) is 5.10 Å². The molecule has 0 aliphatic heterocycles. The number of rotatable bonds is 8. The molecule has 0 aliphatic rings. The van der Waals surface area contributed by atoms with Gasteiger partial charge in [0.25, 0.3) is 0 Å². The van der Waals surface area contributed by atoms with Crippen molar-refractivity contribution in [3.8, 4) is 0 Å². The molecule has 1 rings (SSSR count). The second-order valence-corrected chi connectivity index (χ2v) is 7.07. The van der Waals surface area contributed by atoms with Gasteiger partial charge in [0.05, 0.1) is 5.69 Å². The predicted molar refractivity (Wildman–Crippen MR) is 91.8 cm³/mol. The van der Waals surface area contributed by atoms with E-state index in [0.717, 1.165) is 32.4 Å². The summed E-state index contributed by atoms with van der Waals surface area (Å²) in [4.78, 5) is 0. The molecular weight excluding hydrogens is 258 g/mol. The van der Waals surface area contributed by atoms with Gasteiger partial charge in [0.2, 0.25) is 0 Å². The summed E-state index contributed by atoms with van der Waals surface area (Å²) < 4.78 is 2.28. The van der Waals surface area contributed by atoms with Crippen LogP contribution in [0.5, 0.6) is 0 Å². The standard InChI is InChI=1S/C18H35N3/c1-8-14(19-11-4)17-15(9-2)20-21(16(17)10-3)13-12-18(5,6)7/h14,19H,8-13H2,1-7H3. The van der Waals surface area contributed by atoms with Crippen LogP contribution in [0.4, 0.5) is 0 Å². The molecular formula is C18H35N3. The molecule has 1 unspecified atom stereocenters. The number of hydrogen-bond acceptors (Lipinski definition) is 2. The molecule has 0 radical (unpaired) electrons. The maximum absolute atomic E-state index is 4.93. The van der Waals surface area contributed by atoms with Gasteiger partial charge in [-0.05, 0) is 37.6 Å². The van der Waals surface area contributed by atoms with Crippen molar-refractivity contribution in [1.29, 1.82) is 0 Å². The van der Waals surface area contributed by atoms with Crippen LogP contribution in [0.1, 0.15) is 84.3 Å². The Morgan fingerprint density at radius 1 is 1.10 bits per heavy atom. The molecule has 1 aromatic heterocycles. The van der Waals surface area contributed by atoms with Crippen LogP contribution in [0.3, 0.4) is 0 Å². The molecule has 0 saturated carbocycles. The normalized spacial score (nSPS) is 13.7. The lowest BCUT2D eigenvalue weighted by atomic mass is 9.92. The number of hydrogen-bond donors (Lipinski definition) is 1. The molecule has 0 aromatic carbocycles. The Balaban J connectivity index is 3.13. The third kappa shape index (κ3) is 4.84. The van der Waals surface area contributed by atoms with Crippen molar-refractivity contribution in [3.63, 3.8) is 0 Å². The van der Waals surface area contributed by atoms with Crippen molar-refractivity contribution >= 4 is 0 Å². The summed E-state index contributed by atoms with van der Waals surface area (Å²) in [5.41, 5.74) is 4.55. The van der Waals surface area contributed by atoms with E-state index < -0.39 is 0 Å². The molecule has 0 aliphatic carbocycles. The van der Waals surface area contributed by atoms with Crippen LogP contribution in [0.15, 0.2) is 0 Å². The molecule has 0 amide bonds. The first-order valence-corrected chi connectivity index (χ1v) is 8.69. The minimum atomic E-state index is 0.356. The van der Waals surface area contributed by atoms with Gasteiger partial charge in [-0.15, -0.1) is 0 Å². The van der Waals surface area contributed by atoms with Gasteiger partial charge < -0.3 is 5.32 Å². The molecule has 0 spiro atoms. The lowest BCUT2D eigenvalue weighted by Crippen LogP contribution is -2.22. The fourth-order valence-corrected chi connectivity index (χ4v) is 2.93. The summed E-state index contributed by atoms with van der Waals surface area (Å²) in [5.74, 6) is 0. The summed E-state index contributed by atoms with van der Waals surface area (Å²) in [7, 11) is 0. The van der Waals surface area contributed by atoms with Crippen LogP contribution in [-0.4, -0.2) is 16.3 Å². The third-order valence-electron chi connectivity index (χ3n) is 4.13. The zero-order valence-electron chi connectivity index (χ0n) is 15.2. The van der Waals surface area contributed by atoms with Gasteiger partial charge in [-0.1, -0.05) is 48.5 Å². The Morgan fingerprint density at radius 3 is 2.19 bits per heavy atom. The maximum Gasteiger partial charge on any atom is 0.0672 e. The van der Waals surface area contributed by atoms with Crippen LogP contribution in [0.25, 0.3) is 0 Å². The van der Waals surface area contributed by atoms with E-state index in [1.165, 1.54) is 23.4 Å². The van der Waals surface area contributed by atoms with Crippen LogP contribution in [0.2, 0.25) is 0 Å². The average molecular weight is 293 g/mol. The molecule has 1 aromatic rings. The average Bonchev–Trinajstić information content (AvgIpc) is 2.79. The lowest BCUT2D eigenvalue weighted by Gasteiger charge is -2.20. The zero-order chi connectivity index (χ0) is 16.0. The molecule has 3 heteroatoms. The third-order valence-corrected chi connectivity index (χ3v) is 4.13. The minimum absolute atomic E-state index is 0.356. The topological polar surface area (TPSA) is 29.9 Å². The molecule has 122 valence electrons. The van der Waals surface area contributed by atoms with E-state index in [-0.39, 0.29) is 0 Å². The first-order valence-electron chi connectivity index (χ1n) is 8.69. The van der Waals surface area contributed by atoms with E-state index in [1.807, 2.05) is 0 Å². The highest BCUT2D eigenvalue weighted by Crippen LogP contribution is 2.28. The molecule has 21 heavy (non-hydrogen) atoms. The molecule has 0 fully saturated rings. The van der Waals surface area contributed by atoms with E-state index in [2.05, 4.69) is 58.5 Å². The summed E-state index contributed by atoms with van der Waals surface area (Å²) in [5, 5.41) is 8.56. The smallest absolute Gasteiger partial charge is 0.0672 e. The molecule has 1 heterocycles. The minimum Gasteiger partial charge on any atom is -0.310 e. The first-order chi connectivity index (χ1) is 9.87. The molecule has 0 saturated heterocycles. The zero-order valence-corrected chi connectivity index (χ0v) is 15.2. The first kappa shape index (κ1) is 18.2. The van der Waals surface area contributed by atoms with Crippen molar-refractivity contribution in [2.75, 3.05) is 6.54 Å². The van der Waals surface area contributed by atoms with E-state index in [9.17, 15) is 0 Å². The summed E-state index contributed by atoms with van der Waals surface area (Å²) >= 11 is 0. The fraction of sp³-hybridized carbons (Fsp3) is 0.833. The number of aryl methyl sites for hydroxylation is 2. The van der Waals surface area contributed by atoms with Gasteiger partial charge in [0.15, 0.2) is 0 Å². The summed E-state index contributed by atoms with van der Waals surface area (Å²) in [6, 6.07) is 0.447. The molecule has 3 nitrogen and oxygen atoms in total. The number of nitrogens with one attached hydrogen (secondary N) is 1. The van der Waals surface area contributed by atoms with Gasteiger partial charge >= 0.3 is 0 Å². The van der Waals surface area contributed by atoms with Crippen LogP contribution >= 0.6 is 0 Å². The van der Waals surface area contributed by atoms with Gasteiger partial charge in [-0.25, -0.2) is 0 Å². The SMILES string of the molecule is CCNC(CC)c1c(CC)nn(CCC(C)(C)C)c1CC. The van der Waals surface area contributed by atoms with E-state index in [1.54, 1.807) is 0 Å². The van der Waals surface area contributed by atoms with E-state index >= 15 is 0 Å². The fourth-order valence-electron chi connectivity index (χ4n) is 2.93. The Labute approximate surface area is 131 Å². The van der Waals surface area contributed by atoms with Gasteiger partial charge in [0, 0.05) is 23.8 Å². The summed E-state index contributed by atoms with van der Waals surface area (Å²) in [6.07, 6.45) is 4.38. The highest BCUT2D eigenvalue weighted by atomic mass is 15.3. The highest BCUT2D eigenvalue weighted by Gasteiger charge is 2.22. The van der Waals surface area contributed by atoms with Gasteiger partial charge in [0.1, 0.15) is 0 Å². The monoisotopic (exact) mass is 293 g/mol. The van der Waals surface area contributed by atoms with Crippen LogP contribution in [-0.2, 0) is 19.4 Å². The predicted octanol–water partition coefficient (Wildman–Crippen LogP) is 4.50. The van der Waals surface area contributed by atoms with Crippen molar-refractivity contribution in [1.82, 2.24) is 15.1 Å². The quantitative estimate of drug-likeness (QED) is 0.764. The van der Waals surface area contributed by atoms with E-state index in [0.29, 0.717) is 11.5 Å². The van der Waals surface area contributed by atoms with Crippen molar-refractivity contribution in [3.05, 3.63) is 17.0 Å². The maximum atomic E-state index is 4.93. The Bertz CT molecular complexity index is 426. The van der Waals surface area contributed by atoms with Crippen molar-refractivity contribution in [2.24, 2.45) is 5.41 Å². The van der Waals surface area contributed by atoms with Crippen molar-refractivity contribution < 1.29 is 0 Å². The Hall–Kier alpha value is -0.830. The second kappa shape index (κ2) is 7.98. The van der Waals surface area contributed by atoms with Gasteiger partial charge in [-0.3, -0.25) is 4.68 Å². The summed E-state index contributed by atoms with van der Waals surface area (Å²) in [6.45, 7) is 17.9. The van der Waals surface area contributed by atoms with Gasteiger partial charge in [-0.2, -0.15) is 5.10 Å². The Morgan fingerprint density at radius 2 is 1.76 bits per heavy atom. The largest absolute Gasteiger partial charge is 0.310 e. The molecule has 1 N–H and O–H groups in total. The Kier molecular flexibility index (Phi) is 6.92. The molecule has 1 atom stereocenters. The molecule has 0 bridgehead atoms. The number of aromatic nitrogens is 2. The number of nitrogens with zero attached hydrogens (tertiary/aromatic N) is 2. The van der Waals surface area contributed by atoms with Crippen molar-refractivity contribution in [2.45, 2.75) is 86.7 Å². The highest BCUT2D eigenvalue weighted by molar-refractivity contribution is 5.30. The lowest BCUT2D eigenvalue weighted by molar-refractivity contribution is 0.337. The second-order valence-electron chi connectivity index (χ2n) is 7.07. The van der Waals surface area contributed by atoms with Crippen LogP contribution in [0, 0.1) is 5.41 Å².